The van der Waals surface area contributed by atoms with Gasteiger partial charge in [-0.05, 0) is 37.6 Å². The molecule has 0 saturated carbocycles. The number of benzene rings is 1. The average Bonchev–Trinajstić information content (AvgIpc) is 2.67. The molecule has 0 fully saturated rings. The predicted octanol–water partition coefficient (Wildman–Crippen LogP) is 4.62. The quantitative estimate of drug-likeness (QED) is 0.854. The number of aryl methyl sites for hydroxylation is 1. The molecular weight excluding hydrogens is 333 g/mol. The van der Waals surface area contributed by atoms with Crippen molar-refractivity contribution < 1.29 is 14.7 Å². The van der Waals surface area contributed by atoms with E-state index in [0.29, 0.717) is 15.6 Å². The number of aromatic carboxylic acids is 1. The second-order valence-electron chi connectivity index (χ2n) is 4.37. The average molecular weight is 344 g/mol. The maximum absolute atomic E-state index is 12.2. The normalized spacial score (nSPS) is 10.5. The van der Waals surface area contributed by atoms with E-state index < -0.39 is 11.9 Å². The van der Waals surface area contributed by atoms with E-state index in [9.17, 15) is 14.7 Å². The van der Waals surface area contributed by atoms with E-state index in [0.717, 1.165) is 4.88 Å². The number of halogens is 2. The van der Waals surface area contributed by atoms with Gasteiger partial charge in [-0.1, -0.05) is 23.2 Å². The van der Waals surface area contributed by atoms with Gasteiger partial charge >= 0.3 is 5.97 Å². The van der Waals surface area contributed by atoms with Crippen LogP contribution in [0.3, 0.4) is 0 Å². The van der Waals surface area contributed by atoms with Crippen LogP contribution in [-0.4, -0.2) is 17.0 Å². The Labute approximate surface area is 135 Å². The van der Waals surface area contributed by atoms with Crippen molar-refractivity contribution in [3.8, 4) is 0 Å². The summed E-state index contributed by atoms with van der Waals surface area (Å²) in [5, 5.41) is 12.8. The monoisotopic (exact) mass is 343 g/mol. The van der Waals surface area contributed by atoms with Crippen LogP contribution in [0.25, 0.3) is 0 Å². The number of hydrogen-bond acceptors (Lipinski definition) is 3. The van der Waals surface area contributed by atoms with E-state index in [4.69, 9.17) is 23.2 Å². The lowest BCUT2D eigenvalue weighted by Crippen LogP contribution is -2.14. The van der Waals surface area contributed by atoms with E-state index in [2.05, 4.69) is 5.32 Å². The van der Waals surface area contributed by atoms with Gasteiger partial charge in [0.15, 0.2) is 0 Å². The third-order valence-corrected chi connectivity index (χ3v) is 4.69. The molecule has 1 heterocycles. The zero-order chi connectivity index (χ0) is 15.7. The molecule has 0 atom stereocenters. The highest BCUT2D eigenvalue weighted by molar-refractivity contribution is 7.16. The van der Waals surface area contributed by atoms with Crippen molar-refractivity contribution in [2.45, 2.75) is 13.8 Å². The van der Waals surface area contributed by atoms with Crippen LogP contribution in [-0.2, 0) is 0 Å². The summed E-state index contributed by atoms with van der Waals surface area (Å²) in [6.45, 7) is 3.51. The molecule has 0 aliphatic rings. The summed E-state index contributed by atoms with van der Waals surface area (Å²) in [4.78, 5) is 24.4. The van der Waals surface area contributed by atoms with Crippen molar-refractivity contribution in [2.75, 3.05) is 5.32 Å². The first-order chi connectivity index (χ1) is 9.81. The molecule has 7 heteroatoms. The molecule has 1 amide bonds. The molecule has 2 rings (SSSR count). The van der Waals surface area contributed by atoms with E-state index in [1.54, 1.807) is 19.9 Å². The van der Waals surface area contributed by atoms with E-state index in [-0.39, 0.29) is 16.1 Å². The molecule has 0 spiro atoms. The van der Waals surface area contributed by atoms with Gasteiger partial charge in [0.05, 0.1) is 16.1 Å². The van der Waals surface area contributed by atoms with Crippen LogP contribution in [0.5, 0.6) is 0 Å². The first-order valence-corrected chi connectivity index (χ1v) is 7.48. The number of nitrogens with one attached hydrogen (secondary N) is 1. The Balaban J connectivity index is 2.38. The van der Waals surface area contributed by atoms with Crippen molar-refractivity contribution in [1.29, 1.82) is 0 Å². The van der Waals surface area contributed by atoms with Gasteiger partial charge in [-0.15, -0.1) is 11.3 Å². The largest absolute Gasteiger partial charge is 0.478 e. The lowest BCUT2D eigenvalue weighted by molar-refractivity contribution is 0.0697. The Morgan fingerprint density at radius 1 is 1.24 bits per heavy atom. The molecule has 110 valence electrons. The number of amides is 1. The van der Waals surface area contributed by atoms with E-state index >= 15 is 0 Å². The molecule has 1 aromatic carbocycles. The molecule has 0 aliphatic heterocycles. The summed E-state index contributed by atoms with van der Waals surface area (Å²) >= 11 is 13.0. The third kappa shape index (κ3) is 3.20. The van der Waals surface area contributed by atoms with Crippen LogP contribution in [0.1, 0.15) is 31.2 Å². The molecule has 4 nitrogen and oxygen atoms in total. The molecule has 2 aromatic rings. The molecule has 0 unspecified atom stereocenters. The van der Waals surface area contributed by atoms with Gasteiger partial charge in [0.2, 0.25) is 0 Å². The number of carbonyl (C=O) groups excluding carboxylic acids is 1. The maximum Gasteiger partial charge on any atom is 0.338 e. The fourth-order valence-corrected chi connectivity index (χ4v) is 3.24. The molecule has 2 N–H and O–H groups in total. The Morgan fingerprint density at radius 3 is 2.52 bits per heavy atom. The summed E-state index contributed by atoms with van der Waals surface area (Å²) in [7, 11) is 0. The van der Waals surface area contributed by atoms with Crippen LogP contribution in [0.4, 0.5) is 5.00 Å². The highest BCUT2D eigenvalue weighted by atomic mass is 35.5. The number of carbonyl (C=O) groups is 2. The lowest BCUT2D eigenvalue weighted by Gasteiger charge is -2.06. The van der Waals surface area contributed by atoms with Crippen LogP contribution in [0, 0.1) is 13.8 Å². The number of hydrogen-bond donors (Lipinski definition) is 2. The summed E-state index contributed by atoms with van der Waals surface area (Å²) in [6.07, 6.45) is 0. The minimum atomic E-state index is -1.08. The van der Waals surface area contributed by atoms with Crippen molar-refractivity contribution in [1.82, 2.24) is 0 Å². The second-order valence-corrected chi connectivity index (χ2v) is 6.44. The van der Waals surface area contributed by atoms with Crippen molar-refractivity contribution in [2.24, 2.45) is 0 Å². The first kappa shape index (κ1) is 15.8. The van der Waals surface area contributed by atoms with Crippen molar-refractivity contribution in [3.05, 3.63) is 49.8 Å². The van der Waals surface area contributed by atoms with Gasteiger partial charge in [-0.25, -0.2) is 4.79 Å². The highest BCUT2D eigenvalue weighted by Gasteiger charge is 2.21. The number of rotatable bonds is 3. The Hall–Kier alpha value is -1.56. The first-order valence-electron chi connectivity index (χ1n) is 5.91. The summed E-state index contributed by atoms with van der Waals surface area (Å²) in [5.74, 6) is -1.57. The molecule has 21 heavy (non-hydrogen) atoms. The lowest BCUT2D eigenvalue weighted by atomic mass is 10.1. The Kier molecular flexibility index (Phi) is 4.56. The van der Waals surface area contributed by atoms with E-state index in [1.807, 2.05) is 0 Å². The Morgan fingerprint density at radius 2 is 1.90 bits per heavy atom. The topological polar surface area (TPSA) is 66.4 Å². The summed E-state index contributed by atoms with van der Waals surface area (Å²) in [5.41, 5.74) is 0.938. The van der Waals surface area contributed by atoms with Gasteiger partial charge in [0.1, 0.15) is 5.00 Å². The minimum Gasteiger partial charge on any atom is -0.478 e. The van der Waals surface area contributed by atoms with Gasteiger partial charge in [-0.3, -0.25) is 4.79 Å². The number of carboxylic acid groups (broad SMARTS) is 1. The molecular formula is C14H11Cl2NO3S. The third-order valence-electron chi connectivity index (χ3n) is 3.00. The minimum absolute atomic E-state index is 0.101. The smallest absolute Gasteiger partial charge is 0.338 e. The number of carboxylic acids is 1. The second kappa shape index (κ2) is 6.05. The molecule has 0 radical (unpaired) electrons. The Bertz CT molecular complexity index is 740. The molecule has 1 aromatic heterocycles. The standard InChI is InChI=1S/C14H11Cl2NO3S/c1-6-7(2)21-13(11(6)14(19)20)17-12(18)9-5-8(15)3-4-10(9)16/h3-5H,1-2H3,(H,17,18)(H,19,20). The summed E-state index contributed by atoms with van der Waals surface area (Å²) < 4.78 is 0. The van der Waals surface area contributed by atoms with Crippen molar-refractivity contribution in [3.63, 3.8) is 0 Å². The van der Waals surface area contributed by atoms with Gasteiger partial charge in [-0.2, -0.15) is 0 Å². The number of thiophene rings is 1. The number of anilines is 1. The van der Waals surface area contributed by atoms with Crippen LogP contribution < -0.4 is 5.32 Å². The maximum atomic E-state index is 12.2. The van der Waals surface area contributed by atoms with E-state index in [1.165, 1.54) is 23.5 Å². The SMILES string of the molecule is Cc1sc(NC(=O)c2cc(Cl)ccc2Cl)c(C(=O)O)c1C. The van der Waals surface area contributed by atoms with Crippen LogP contribution >= 0.6 is 34.5 Å². The fourth-order valence-electron chi connectivity index (χ4n) is 1.81. The van der Waals surface area contributed by atoms with Gasteiger partial charge < -0.3 is 10.4 Å². The predicted molar refractivity (Wildman–Crippen MR) is 85.2 cm³/mol. The fraction of sp³-hybridized carbons (Fsp3) is 0.143. The molecule has 0 bridgehead atoms. The van der Waals surface area contributed by atoms with Crippen LogP contribution in [0.2, 0.25) is 10.0 Å². The zero-order valence-electron chi connectivity index (χ0n) is 11.2. The van der Waals surface area contributed by atoms with Gasteiger partial charge in [0, 0.05) is 9.90 Å². The zero-order valence-corrected chi connectivity index (χ0v) is 13.5. The molecule has 0 aliphatic carbocycles. The highest BCUT2D eigenvalue weighted by Crippen LogP contribution is 2.33. The van der Waals surface area contributed by atoms with Crippen LogP contribution in [0.15, 0.2) is 18.2 Å². The van der Waals surface area contributed by atoms with Gasteiger partial charge in [0.25, 0.3) is 5.91 Å². The molecule has 0 saturated heterocycles. The van der Waals surface area contributed by atoms with Crippen molar-refractivity contribution >= 4 is 51.4 Å². The summed E-state index contributed by atoms with van der Waals surface area (Å²) in [6, 6.07) is 4.53.